The average molecular weight is 408 g/mol. The molecule has 3 rings (SSSR count). The molecule has 2 amide bonds. The van der Waals surface area contributed by atoms with Gasteiger partial charge in [-0.3, -0.25) is 9.59 Å². The Hall–Kier alpha value is -2.35. The van der Waals surface area contributed by atoms with Gasteiger partial charge in [0.2, 0.25) is 0 Å². The van der Waals surface area contributed by atoms with Gasteiger partial charge in [-0.1, -0.05) is 23.7 Å². The maximum absolute atomic E-state index is 13.3. The van der Waals surface area contributed by atoms with Gasteiger partial charge in [0.1, 0.15) is 11.6 Å². The van der Waals surface area contributed by atoms with Crippen LogP contribution in [0.15, 0.2) is 47.4 Å². The van der Waals surface area contributed by atoms with Crippen molar-refractivity contribution < 1.29 is 23.8 Å². The first-order chi connectivity index (χ1) is 13.0. The molecule has 8 heteroatoms. The van der Waals surface area contributed by atoms with Gasteiger partial charge < -0.3 is 9.84 Å². The zero-order chi connectivity index (χ0) is 19.6. The molecular weight excluding hydrogens is 393 g/mol. The second kappa shape index (κ2) is 8.12. The molecule has 0 aliphatic carbocycles. The minimum Gasteiger partial charge on any atom is -0.495 e. The van der Waals surface area contributed by atoms with E-state index >= 15 is 0 Å². The Morgan fingerprint density at radius 1 is 1.15 bits per heavy atom. The third-order valence-corrected chi connectivity index (χ3v) is 5.25. The molecule has 2 aromatic carbocycles. The van der Waals surface area contributed by atoms with Crippen LogP contribution in [0.2, 0.25) is 5.02 Å². The number of methoxy groups -OCH3 is 1. The topological polar surface area (TPSA) is 66.8 Å². The molecule has 0 spiro atoms. The van der Waals surface area contributed by atoms with Crippen LogP contribution in [0.5, 0.6) is 5.75 Å². The highest BCUT2D eigenvalue weighted by atomic mass is 35.5. The number of aliphatic hydroxyl groups excluding tert-OH is 1. The van der Waals surface area contributed by atoms with Crippen molar-refractivity contribution in [3.63, 3.8) is 0 Å². The largest absolute Gasteiger partial charge is 0.495 e. The van der Waals surface area contributed by atoms with Crippen molar-refractivity contribution >= 4 is 46.4 Å². The number of amides is 2. The molecule has 0 bridgehead atoms. The van der Waals surface area contributed by atoms with Gasteiger partial charge in [0.05, 0.1) is 34.9 Å². The first-order valence-corrected chi connectivity index (χ1v) is 9.30. The van der Waals surface area contributed by atoms with Gasteiger partial charge in [0.15, 0.2) is 0 Å². The third-order valence-electron chi connectivity index (χ3n) is 3.91. The van der Waals surface area contributed by atoms with Crippen LogP contribution in [0.4, 0.5) is 10.1 Å². The first kappa shape index (κ1) is 19.4. The van der Waals surface area contributed by atoms with Gasteiger partial charge in [-0.25, -0.2) is 9.29 Å². The molecular formula is C19H15ClFNO4S. The quantitative estimate of drug-likeness (QED) is 0.742. The molecule has 0 saturated heterocycles. The van der Waals surface area contributed by atoms with E-state index in [1.807, 2.05) is 0 Å². The maximum atomic E-state index is 13.3. The molecule has 2 aromatic rings. The Labute approximate surface area is 164 Å². The van der Waals surface area contributed by atoms with Gasteiger partial charge in [0.25, 0.3) is 11.8 Å². The molecule has 1 aliphatic rings. The molecule has 0 saturated carbocycles. The van der Waals surface area contributed by atoms with Crippen LogP contribution in [0, 0.1) is 5.82 Å². The van der Waals surface area contributed by atoms with E-state index in [-0.39, 0.29) is 27.9 Å². The van der Waals surface area contributed by atoms with Crippen molar-refractivity contribution in [2.75, 3.05) is 24.4 Å². The van der Waals surface area contributed by atoms with Gasteiger partial charge in [-0.05, 0) is 35.9 Å². The fourth-order valence-electron chi connectivity index (χ4n) is 2.69. The summed E-state index contributed by atoms with van der Waals surface area (Å²) in [6.07, 6.45) is 0. The van der Waals surface area contributed by atoms with Gasteiger partial charge in [-0.2, -0.15) is 0 Å². The summed E-state index contributed by atoms with van der Waals surface area (Å²) in [6, 6.07) is 9.93. The van der Waals surface area contributed by atoms with E-state index in [0.29, 0.717) is 17.0 Å². The molecule has 1 heterocycles. The molecule has 0 atom stereocenters. The number of carbonyl (C=O) groups excluding carboxylic acids is 2. The van der Waals surface area contributed by atoms with E-state index in [0.717, 1.165) is 16.7 Å². The zero-order valence-corrected chi connectivity index (χ0v) is 15.8. The number of imide groups is 1. The summed E-state index contributed by atoms with van der Waals surface area (Å²) < 4.78 is 18.4. The summed E-state index contributed by atoms with van der Waals surface area (Å²) in [5, 5.41) is 9.37. The summed E-state index contributed by atoms with van der Waals surface area (Å²) in [5.74, 6) is -0.830. The standard InChI is InChI=1S/C19H15ClFNO4S/c1-26-15-7-6-13(10-14(15)20)22-18(24)16(11-2-4-12(21)5-3-11)17(19(22)25)27-9-8-23/h2-7,10,23H,8-9H2,1H3. The number of anilines is 1. The maximum Gasteiger partial charge on any atom is 0.272 e. The van der Waals surface area contributed by atoms with Crippen molar-refractivity contribution in [2.45, 2.75) is 0 Å². The fourth-order valence-corrected chi connectivity index (χ4v) is 3.80. The number of carbonyl (C=O) groups is 2. The van der Waals surface area contributed by atoms with Crippen molar-refractivity contribution in [1.82, 2.24) is 0 Å². The minimum absolute atomic E-state index is 0.152. The lowest BCUT2D eigenvalue weighted by molar-refractivity contribution is -0.119. The average Bonchev–Trinajstić information content (AvgIpc) is 2.90. The summed E-state index contributed by atoms with van der Waals surface area (Å²) in [5.41, 5.74) is 0.901. The van der Waals surface area contributed by atoms with Gasteiger partial charge in [0, 0.05) is 5.75 Å². The number of nitrogens with zero attached hydrogens (tertiary/aromatic N) is 1. The Morgan fingerprint density at radius 2 is 1.85 bits per heavy atom. The molecule has 27 heavy (non-hydrogen) atoms. The predicted octanol–water partition coefficient (Wildman–Crippen LogP) is 3.50. The lowest BCUT2D eigenvalue weighted by Crippen LogP contribution is -2.31. The third kappa shape index (κ3) is 3.71. The Kier molecular flexibility index (Phi) is 5.84. The molecule has 140 valence electrons. The molecule has 0 radical (unpaired) electrons. The number of thioether (sulfide) groups is 1. The molecule has 1 N–H and O–H groups in total. The number of ether oxygens (including phenoxy) is 1. The Balaban J connectivity index is 2.06. The lowest BCUT2D eigenvalue weighted by Gasteiger charge is -2.16. The molecule has 0 aromatic heterocycles. The summed E-state index contributed by atoms with van der Waals surface area (Å²) in [4.78, 5) is 27.2. The molecule has 0 unspecified atom stereocenters. The fraction of sp³-hybridized carbons (Fsp3) is 0.158. The van der Waals surface area contributed by atoms with Crippen molar-refractivity contribution in [3.8, 4) is 5.75 Å². The highest BCUT2D eigenvalue weighted by molar-refractivity contribution is 8.04. The molecule has 5 nitrogen and oxygen atoms in total. The number of halogens is 2. The smallest absolute Gasteiger partial charge is 0.272 e. The van der Waals surface area contributed by atoms with Crippen molar-refractivity contribution in [3.05, 3.63) is 63.8 Å². The Morgan fingerprint density at radius 3 is 2.44 bits per heavy atom. The van der Waals surface area contributed by atoms with Gasteiger partial charge >= 0.3 is 0 Å². The number of rotatable bonds is 6. The van der Waals surface area contributed by atoms with Gasteiger partial charge in [-0.15, -0.1) is 11.8 Å². The predicted molar refractivity (Wildman–Crippen MR) is 103 cm³/mol. The van der Waals surface area contributed by atoms with E-state index in [2.05, 4.69) is 0 Å². The van der Waals surface area contributed by atoms with E-state index in [4.69, 9.17) is 21.4 Å². The first-order valence-electron chi connectivity index (χ1n) is 7.94. The van der Waals surface area contributed by atoms with Crippen LogP contribution in [-0.2, 0) is 9.59 Å². The normalized spacial score (nSPS) is 14.3. The minimum atomic E-state index is -0.534. The van der Waals surface area contributed by atoms with E-state index in [1.54, 1.807) is 12.1 Å². The lowest BCUT2D eigenvalue weighted by atomic mass is 10.1. The summed E-state index contributed by atoms with van der Waals surface area (Å²) in [6.45, 7) is -0.152. The van der Waals surface area contributed by atoms with Crippen molar-refractivity contribution in [1.29, 1.82) is 0 Å². The number of hydrogen-bond donors (Lipinski definition) is 1. The van der Waals surface area contributed by atoms with E-state index < -0.39 is 17.6 Å². The monoisotopic (exact) mass is 407 g/mol. The van der Waals surface area contributed by atoms with Crippen LogP contribution in [0.25, 0.3) is 5.57 Å². The highest BCUT2D eigenvalue weighted by Gasteiger charge is 2.40. The molecule has 0 fully saturated rings. The summed E-state index contributed by atoms with van der Waals surface area (Å²) in [7, 11) is 1.46. The van der Waals surface area contributed by atoms with E-state index in [1.165, 1.54) is 37.4 Å². The number of aliphatic hydroxyl groups is 1. The zero-order valence-electron chi connectivity index (χ0n) is 14.2. The summed E-state index contributed by atoms with van der Waals surface area (Å²) >= 11 is 7.21. The SMILES string of the molecule is COc1ccc(N2C(=O)C(SCCO)=C(c3ccc(F)cc3)C2=O)cc1Cl. The van der Waals surface area contributed by atoms with Crippen molar-refractivity contribution in [2.24, 2.45) is 0 Å². The number of benzene rings is 2. The number of hydrogen-bond acceptors (Lipinski definition) is 5. The molecule has 1 aliphatic heterocycles. The van der Waals surface area contributed by atoms with Crippen LogP contribution >= 0.6 is 23.4 Å². The van der Waals surface area contributed by atoms with Crippen LogP contribution in [0.3, 0.4) is 0 Å². The second-order valence-corrected chi connectivity index (χ2v) is 7.06. The second-order valence-electron chi connectivity index (χ2n) is 5.55. The highest BCUT2D eigenvalue weighted by Crippen LogP contribution is 2.39. The van der Waals surface area contributed by atoms with Crippen LogP contribution < -0.4 is 9.64 Å². The van der Waals surface area contributed by atoms with E-state index in [9.17, 15) is 14.0 Å². The van der Waals surface area contributed by atoms with Crippen LogP contribution in [-0.4, -0.2) is 36.4 Å². The Bertz CT molecular complexity index is 930. The van der Waals surface area contributed by atoms with Crippen LogP contribution in [0.1, 0.15) is 5.56 Å².